The van der Waals surface area contributed by atoms with E-state index < -0.39 is 10.0 Å². The van der Waals surface area contributed by atoms with Gasteiger partial charge in [0.25, 0.3) is 0 Å². The molecule has 4 nitrogen and oxygen atoms in total. The lowest BCUT2D eigenvalue weighted by Gasteiger charge is -2.13. The third kappa shape index (κ3) is 4.40. The number of aryl methyl sites for hydroxylation is 1. The van der Waals surface area contributed by atoms with Gasteiger partial charge in [-0.3, -0.25) is 0 Å². The molecule has 0 unspecified atom stereocenters. The van der Waals surface area contributed by atoms with Crippen LogP contribution in [0.25, 0.3) is 0 Å². The molecule has 0 bridgehead atoms. The lowest BCUT2D eigenvalue weighted by Crippen LogP contribution is -2.35. The van der Waals surface area contributed by atoms with E-state index in [-0.39, 0.29) is 6.04 Å². The maximum absolute atomic E-state index is 12.0. The largest absolute Gasteiger partial charge is 0.383 e. The van der Waals surface area contributed by atoms with Crippen LogP contribution in [-0.2, 0) is 21.2 Å². The Morgan fingerprint density at radius 2 is 1.89 bits per heavy atom. The monoisotopic (exact) mass is 271 g/mol. The van der Waals surface area contributed by atoms with Crippen molar-refractivity contribution in [2.75, 3.05) is 13.7 Å². The highest BCUT2D eigenvalue weighted by atomic mass is 32.2. The molecule has 1 aromatic carbocycles. The fraction of sp³-hybridized carbons (Fsp3) is 0.538. The smallest absolute Gasteiger partial charge is 0.240 e. The molecule has 0 radical (unpaired) electrons. The molecule has 1 N–H and O–H groups in total. The number of methoxy groups -OCH3 is 1. The van der Waals surface area contributed by atoms with Gasteiger partial charge in [-0.2, -0.15) is 0 Å². The number of nitrogens with one attached hydrogen (secondary N) is 1. The van der Waals surface area contributed by atoms with Crippen LogP contribution in [0.4, 0.5) is 0 Å². The van der Waals surface area contributed by atoms with Crippen LogP contribution in [0.1, 0.15) is 25.8 Å². The van der Waals surface area contributed by atoms with Crippen LogP contribution >= 0.6 is 0 Å². The van der Waals surface area contributed by atoms with Gasteiger partial charge in [-0.25, -0.2) is 13.1 Å². The van der Waals surface area contributed by atoms with Crippen molar-refractivity contribution in [2.24, 2.45) is 0 Å². The Bertz CT molecular complexity index is 454. The van der Waals surface area contributed by atoms with Gasteiger partial charge < -0.3 is 4.74 Å². The lowest BCUT2D eigenvalue weighted by atomic mass is 10.1. The summed E-state index contributed by atoms with van der Waals surface area (Å²) in [4.78, 5) is 0.297. The van der Waals surface area contributed by atoms with Crippen molar-refractivity contribution in [1.82, 2.24) is 4.72 Å². The number of hydrogen-bond acceptors (Lipinski definition) is 3. The van der Waals surface area contributed by atoms with Gasteiger partial charge in [-0.15, -0.1) is 0 Å². The second kappa shape index (κ2) is 6.87. The Morgan fingerprint density at radius 1 is 1.28 bits per heavy atom. The molecule has 0 aliphatic rings. The maximum atomic E-state index is 12.0. The molecule has 0 fully saturated rings. The predicted molar refractivity (Wildman–Crippen MR) is 72.1 cm³/mol. The summed E-state index contributed by atoms with van der Waals surface area (Å²) in [5, 5.41) is 0. The summed E-state index contributed by atoms with van der Waals surface area (Å²) in [5.74, 6) is 0. The van der Waals surface area contributed by atoms with Crippen molar-refractivity contribution in [2.45, 2.75) is 37.6 Å². The molecule has 1 rings (SSSR count). The van der Waals surface area contributed by atoms with Crippen LogP contribution in [-0.4, -0.2) is 28.2 Å². The van der Waals surface area contributed by atoms with E-state index in [4.69, 9.17) is 4.74 Å². The van der Waals surface area contributed by atoms with E-state index in [9.17, 15) is 8.42 Å². The van der Waals surface area contributed by atoms with Crippen molar-refractivity contribution in [3.63, 3.8) is 0 Å². The first-order valence-corrected chi connectivity index (χ1v) is 7.58. The molecular formula is C13H21NO3S. The summed E-state index contributed by atoms with van der Waals surface area (Å²) in [6, 6.07) is 6.77. The summed E-state index contributed by atoms with van der Waals surface area (Å²) in [5.41, 5.74) is 1.15. The van der Waals surface area contributed by atoms with Crippen LogP contribution in [0.15, 0.2) is 29.2 Å². The summed E-state index contributed by atoms with van der Waals surface area (Å²) in [6.45, 7) is 4.22. The number of sulfonamides is 1. The molecule has 0 saturated heterocycles. The van der Waals surface area contributed by atoms with Crippen LogP contribution in [0.3, 0.4) is 0 Å². The zero-order valence-corrected chi connectivity index (χ0v) is 12.0. The average Bonchev–Trinajstić information content (AvgIpc) is 2.29. The normalized spacial score (nSPS) is 13.5. The van der Waals surface area contributed by atoms with Crippen molar-refractivity contribution in [3.8, 4) is 0 Å². The van der Waals surface area contributed by atoms with Crippen LogP contribution in [0, 0.1) is 0 Å². The van der Waals surface area contributed by atoms with Gasteiger partial charge >= 0.3 is 0 Å². The van der Waals surface area contributed by atoms with Crippen LogP contribution < -0.4 is 4.72 Å². The summed E-state index contributed by atoms with van der Waals surface area (Å²) >= 11 is 0. The third-order valence-corrected chi connectivity index (χ3v) is 4.15. The maximum Gasteiger partial charge on any atom is 0.240 e. The Labute approximate surface area is 109 Å². The minimum absolute atomic E-state index is 0.240. The fourth-order valence-corrected chi connectivity index (χ4v) is 2.97. The quantitative estimate of drug-likeness (QED) is 0.824. The zero-order valence-electron chi connectivity index (χ0n) is 11.1. The molecule has 0 heterocycles. The summed E-state index contributed by atoms with van der Waals surface area (Å²) < 4.78 is 31.5. The molecule has 18 heavy (non-hydrogen) atoms. The van der Waals surface area contributed by atoms with E-state index >= 15 is 0 Å². The molecule has 0 aliphatic carbocycles. The van der Waals surface area contributed by atoms with E-state index in [1.807, 2.05) is 12.1 Å². The van der Waals surface area contributed by atoms with Crippen molar-refractivity contribution >= 4 is 10.0 Å². The molecule has 0 saturated carbocycles. The highest BCUT2D eigenvalue weighted by molar-refractivity contribution is 7.89. The number of rotatable bonds is 7. The summed E-state index contributed by atoms with van der Waals surface area (Å²) in [6.07, 6.45) is 2.02. The van der Waals surface area contributed by atoms with E-state index in [0.717, 1.165) is 18.4 Å². The van der Waals surface area contributed by atoms with Crippen LogP contribution in [0.5, 0.6) is 0 Å². The fourth-order valence-electron chi connectivity index (χ4n) is 1.74. The van der Waals surface area contributed by atoms with E-state index in [0.29, 0.717) is 11.5 Å². The molecule has 5 heteroatoms. The minimum Gasteiger partial charge on any atom is -0.383 e. The van der Waals surface area contributed by atoms with Crippen molar-refractivity contribution in [3.05, 3.63) is 29.8 Å². The van der Waals surface area contributed by atoms with Crippen molar-refractivity contribution in [1.29, 1.82) is 0 Å². The molecule has 1 atom stereocenters. The molecule has 0 aromatic heterocycles. The first kappa shape index (κ1) is 15.1. The third-order valence-electron chi connectivity index (χ3n) is 2.55. The Hall–Kier alpha value is -0.910. The minimum atomic E-state index is -3.44. The predicted octanol–water partition coefficient (Wildman–Crippen LogP) is 1.95. The highest BCUT2D eigenvalue weighted by Crippen LogP contribution is 2.12. The number of ether oxygens (including phenoxy) is 1. The van der Waals surface area contributed by atoms with Crippen molar-refractivity contribution < 1.29 is 13.2 Å². The molecule has 0 amide bonds. The first-order valence-electron chi connectivity index (χ1n) is 6.09. The standard InChI is InChI=1S/C13H21NO3S/c1-4-5-12-6-8-13(9-7-12)18(15,16)14-11(2)10-17-3/h6-9,11,14H,4-5,10H2,1-3H3/t11-/m1/s1. The first-order chi connectivity index (χ1) is 8.49. The Morgan fingerprint density at radius 3 is 2.39 bits per heavy atom. The average molecular weight is 271 g/mol. The topological polar surface area (TPSA) is 55.4 Å². The highest BCUT2D eigenvalue weighted by Gasteiger charge is 2.16. The van der Waals surface area contributed by atoms with Gasteiger partial charge in [0.2, 0.25) is 10.0 Å². The van der Waals surface area contributed by atoms with Gasteiger partial charge in [0.05, 0.1) is 11.5 Å². The number of benzene rings is 1. The molecule has 1 aromatic rings. The molecule has 0 aliphatic heterocycles. The molecule has 102 valence electrons. The Kier molecular flexibility index (Phi) is 5.78. The summed E-state index contributed by atoms with van der Waals surface area (Å²) in [7, 11) is -1.90. The zero-order chi connectivity index (χ0) is 13.6. The Balaban J connectivity index is 2.78. The van der Waals surface area contributed by atoms with E-state index in [1.54, 1.807) is 26.2 Å². The SMILES string of the molecule is CCCc1ccc(S(=O)(=O)N[C@H](C)COC)cc1. The second-order valence-corrected chi connectivity index (χ2v) is 6.09. The van der Waals surface area contributed by atoms with E-state index in [2.05, 4.69) is 11.6 Å². The number of hydrogen-bond donors (Lipinski definition) is 1. The molecule has 0 spiro atoms. The van der Waals surface area contributed by atoms with Gasteiger partial charge in [0.15, 0.2) is 0 Å². The van der Waals surface area contributed by atoms with Gasteiger partial charge in [0, 0.05) is 13.2 Å². The molecular weight excluding hydrogens is 250 g/mol. The van der Waals surface area contributed by atoms with Gasteiger partial charge in [0.1, 0.15) is 0 Å². The van der Waals surface area contributed by atoms with Crippen LogP contribution in [0.2, 0.25) is 0 Å². The lowest BCUT2D eigenvalue weighted by molar-refractivity contribution is 0.180. The van der Waals surface area contributed by atoms with Gasteiger partial charge in [-0.1, -0.05) is 25.5 Å². The van der Waals surface area contributed by atoms with Gasteiger partial charge in [-0.05, 0) is 31.0 Å². The second-order valence-electron chi connectivity index (χ2n) is 4.37. The van der Waals surface area contributed by atoms with E-state index in [1.165, 1.54) is 0 Å².